The molecule has 0 aliphatic heterocycles. The van der Waals surface area contributed by atoms with Crippen LogP contribution < -0.4 is 5.73 Å². The van der Waals surface area contributed by atoms with Gasteiger partial charge in [-0.2, -0.15) is 0 Å². The molecule has 0 spiro atoms. The van der Waals surface area contributed by atoms with E-state index in [1.807, 2.05) is 0 Å². The Balaban J connectivity index is 0.00000144. The second-order valence-corrected chi connectivity index (χ2v) is 3.23. The lowest BCUT2D eigenvalue weighted by Crippen LogP contribution is -2.03. The largest absolute Gasteiger partial charge is 0.464 e. The van der Waals surface area contributed by atoms with Gasteiger partial charge in [-0.1, -0.05) is 11.3 Å². The average molecular weight is 224 g/mol. The number of hydrogen-bond donors (Lipinski definition) is 1. The summed E-state index contributed by atoms with van der Waals surface area (Å²) < 4.78 is 4.46. The van der Waals surface area contributed by atoms with Gasteiger partial charge in [0.1, 0.15) is 5.01 Å². The van der Waals surface area contributed by atoms with Crippen LogP contribution in [0.4, 0.5) is 0 Å². The van der Waals surface area contributed by atoms with Crippen molar-refractivity contribution in [1.29, 1.82) is 0 Å². The van der Waals surface area contributed by atoms with Gasteiger partial charge in [0.2, 0.25) is 5.01 Å². The van der Waals surface area contributed by atoms with E-state index < -0.39 is 5.97 Å². The molecule has 1 atom stereocenters. The van der Waals surface area contributed by atoms with E-state index in [0.29, 0.717) is 5.01 Å². The minimum absolute atomic E-state index is 0. The van der Waals surface area contributed by atoms with E-state index in [9.17, 15) is 4.79 Å². The van der Waals surface area contributed by atoms with Gasteiger partial charge in [-0.3, -0.25) is 0 Å². The van der Waals surface area contributed by atoms with Crippen LogP contribution in [0.2, 0.25) is 0 Å². The van der Waals surface area contributed by atoms with Crippen molar-refractivity contribution in [2.75, 3.05) is 7.11 Å². The summed E-state index contributed by atoms with van der Waals surface area (Å²) in [7, 11) is 1.30. The topological polar surface area (TPSA) is 78.1 Å². The zero-order valence-electron chi connectivity index (χ0n) is 7.18. The standard InChI is InChI=1S/C6H9N3O2S.ClH/c1-3(7)4-8-9-5(12-4)6(10)11-2;/h3H,7H2,1-2H3;1H. The lowest BCUT2D eigenvalue weighted by atomic mass is 10.4. The number of halogens is 1. The zero-order valence-corrected chi connectivity index (χ0v) is 8.82. The van der Waals surface area contributed by atoms with Crippen LogP contribution in [0.1, 0.15) is 27.8 Å². The number of carbonyl (C=O) groups is 1. The molecule has 7 heteroatoms. The van der Waals surface area contributed by atoms with Gasteiger partial charge in [-0.15, -0.1) is 22.6 Å². The lowest BCUT2D eigenvalue weighted by molar-refractivity contribution is 0.0599. The first-order chi connectivity index (χ1) is 5.65. The van der Waals surface area contributed by atoms with Gasteiger partial charge >= 0.3 is 5.97 Å². The molecule has 13 heavy (non-hydrogen) atoms. The first kappa shape index (κ1) is 12.3. The van der Waals surface area contributed by atoms with E-state index in [1.54, 1.807) is 6.92 Å². The molecule has 1 aromatic rings. The van der Waals surface area contributed by atoms with Crippen molar-refractivity contribution in [3.63, 3.8) is 0 Å². The third-order valence-corrected chi connectivity index (χ3v) is 2.29. The van der Waals surface area contributed by atoms with Crippen molar-refractivity contribution >= 4 is 29.7 Å². The number of nitrogens with zero attached hydrogens (tertiary/aromatic N) is 2. The van der Waals surface area contributed by atoms with E-state index in [4.69, 9.17) is 5.73 Å². The number of aromatic nitrogens is 2. The highest BCUT2D eigenvalue weighted by molar-refractivity contribution is 7.13. The minimum atomic E-state index is -0.473. The summed E-state index contributed by atoms with van der Waals surface area (Å²) in [5.74, 6) is -0.473. The summed E-state index contributed by atoms with van der Waals surface area (Å²) in [6.07, 6.45) is 0. The molecule has 0 bridgehead atoms. The van der Waals surface area contributed by atoms with E-state index in [1.165, 1.54) is 7.11 Å². The Labute approximate surface area is 85.7 Å². The number of rotatable bonds is 2. The smallest absolute Gasteiger partial charge is 0.369 e. The van der Waals surface area contributed by atoms with Crippen LogP contribution in [-0.2, 0) is 4.74 Å². The summed E-state index contributed by atoms with van der Waals surface area (Å²) in [6, 6.07) is -0.194. The van der Waals surface area contributed by atoms with E-state index in [-0.39, 0.29) is 23.5 Å². The number of carbonyl (C=O) groups excluding carboxylic acids is 1. The van der Waals surface area contributed by atoms with Crippen molar-refractivity contribution in [1.82, 2.24) is 10.2 Å². The van der Waals surface area contributed by atoms with Crippen LogP contribution in [-0.4, -0.2) is 23.3 Å². The Morgan fingerprint density at radius 3 is 2.62 bits per heavy atom. The fourth-order valence-corrected chi connectivity index (χ4v) is 1.30. The second kappa shape index (κ2) is 5.11. The van der Waals surface area contributed by atoms with E-state index in [2.05, 4.69) is 14.9 Å². The molecule has 0 saturated heterocycles. The van der Waals surface area contributed by atoms with Crippen molar-refractivity contribution in [2.24, 2.45) is 5.73 Å². The number of nitrogens with two attached hydrogens (primary N) is 1. The molecule has 1 rings (SSSR count). The maximum atomic E-state index is 10.9. The molecule has 0 saturated carbocycles. The third-order valence-electron chi connectivity index (χ3n) is 1.19. The number of ether oxygens (including phenoxy) is 1. The van der Waals surface area contributed by atoms with Gasteiger partial charge in [0.25, 0.3) is 0 Å². The Morgan fingerprint density at radius 2 is 2.23 bits per heavy atom. The van der Waals surface area contributed by atoms with Crippen molar-refractivity contribution in [3.8, 4) is 0 Å². The molecule has 1 aromatic heterocycles. The first-order valence-electron chi connectivity index (χ1n) is 3.32. The SMILES string of the molecule is COC(=O)c1nnc(C(C)N)s1.Cl. The highest BCUT2D eigenvalue weighted by Gasteiger charge is 2.14. The van der Waals surface area contributed by atoms with Crippen molar-refractivity contribution < 1.29 is 9.53 Å². The monoisotopic (exact) mass is 223 g/mol. The van der Waals surface area contributed by atoms with Crippen LogP contribution in [0.25, 0.3) is 0 Å². The fourth-order valence-electron chi connectivity index (χ4n) is 0.588. The van der Waals surface area contributed by atoms with Crippen LogP contribution in [0.3, 0.4) is 0 Å². The Morgan fingerprint density at radius 1 is 1.62 bits per heavy atom. The molecule has 0 radical (unpaired) electrons. The molecular weight excluding hydrogens is 214 g/mol. The van der Waals surface area contributed by atoms with Crippen molar-refractivity contribution in [3.05, 3.63) is 10.0 Å². The molecular formula is C6H10ClN3O2S. The Kier molecular flexibility index (Phi) is 4.82. The molecule has 0 aromatic carbocycles. The molecule has 5 nitrogen and oxygen atoms in total. The molecule has 0 amide bonds. The number of esters is 1. The lowest BCUT2D eigenvalue weighted by Gasteiger charge is -1.94. The number of hydrogen-bond acceptors (Lipinski definition) is 6. The quantitative estimate of drug-likeness (QED) is 0.750. The van der Waals surface area contributed by atoms with Crippen LogP contribution >= 0.6 is 23.7 Å². The van der Waals surface area contributed by atoms with Gasteiger partial charge in [0.15, 0.2) is 0 Å². The predicted octanol–water partition coefficient (Wildman–Crippen LogP) is 0.766. The van der Waals surface area contributed by atoms with Crippen molar-refractivity contribution in [2.45, 2.75) is 13.0 Å². The van der Waals surface area contributed by atoms with Gasteiger partial charge in [0, 0.05) is 0 Å². The predicted molar refractivity (Wildman–Crippen MR) is 51.1 cm³/mol. The normalized spacial score (nSPS) is 11.6. The molecule has 0 fully saturated rings. The molecule has 0 aliphatic rings. The summed E-state index contributed by atoms with van der Waals surface area (Å²) in [5, 5.41) is 8.22. The van der Waals surface area contributed by atoms with E-state index >= 15 is 0 Å². The molecule has 0 aliphatic carbocycles. The van der Waals surface area contributed by atoms with E-state index in [0.717, 1.165) is 11.3 Å². The second-order valence-electron chi connectivity index (χ2n) is 2.23. The van der Waals surface area contributed by atoms with Gasteiger partial charge in [-0.05, 0) is 6.92 Å². The van der Waals surface area contributed by atoms with Crippen LogP contribution in [0, 0.1) is 0 Å². The highest BCUT2D eigenvalue weighted by Crippen LogP contribution is 2.15. The first-order valence-corrected chi connectivity index (χ1v) is 4.14. The molecule has 1 unspecified atom stereocenters. The van der Waals surface area contributed by atoms with Gasteiger partial charge < -0.3 is 10.5 Å². The summed E-state index contributed by atoms with van der Waals surface area (Å²) >= 11 is 1.15. The molecule has 1 heterocycles. The average Bonchev–Trinajstić information content (AvgIpc) is 2.51. The Hall–Kier alpha value is -0.720. The molecule has 74 valence electrons. The highest BCUT2D eigenvalue weighted by atomic mass is 35.5. The third kappa shape index (κ3) is 2.91. The maximum absolute atomic E-state index is 10.9. The van der Waals surface area contributed by atoms with Gasteiger partial charge in [0.05, 0.1) is 13.2 Å². The maximum Gasteiger partial charge on any atom is 0.369 e. The number of methoxy groups -OCH3 is 1. The molecule has 2 N–H and O–H groups in total. The van der Waals surface area contributed by atoms with Crippen LogP contribution in [0.5, 0.6) is 0 Å². The minimum Gasteiger partial charge on any atom is -0.464 e. The Bertz CT molecular complexity index is 289. The summed E-state index contributed by atoms with van der Waals surface area (Å²) in [6.45, 7) is 1.78. The zero-order chi connectivity index (χ0) is 9.14. The fraction of sp³-hybridized carbons (Fsp3) is 0.500. The van der Waals surface area contributed by atoms with Gasteiger partial charge in [-0.25, -0.2) is 4.79 Å². The summed E-state index contributed by atoms with van der Waals surface area (Å²) in [5.41, 5.74) is 5.52. The van der Waals surface area contributed by atoms with Crippen LogP contribution in [0.15, 0.2) is 0 Å². The summed E-state index contributed by atoms with van der Waals surface area (Å²) in [4.78, 5) is 10.9.